The van der Waals surface area contributed by atoms with Gasteiger partial charge in [-0.1, -0.05) is 12.1 Å². The first-order valence-electron chi connectivity index (χ1n) is 8.22. The molecular formula is C19H14F2N4O2S. The summed E-state index contributed by atoms with van der Waals surface area (Å²) in [6.07, 6.45) is 4.04. The molecule has 4 aromatic rings. The normalized spacial score (nSPS) is 11.2. The molecule has 1 aromatic carbocycles. The summed E-state index contributed by atoms with van der Waals surface area (Å²) >= 11 is 1.02. The maximum absolute atomic E-state index is 14.4. The molecule has 3 aromatic heterocycles. The van der Waals surface area contributed by atoms with E-state index >= 15 is 0 Å². The molecule has 3 heterocycles. The Morgan fingerprint density at radius 3 is 2.64 bits per heavy atom. The van der Waals surface area contributed by atoms with Crippen LogP contribution in [0.3, 0.4) is 0 Å². The Morgan fingerprint density at radius 1 is 1.07 bits per heavy atom. The quantitative estimate of drug-likeness (QED) is 0.272. The number of hydrogen-bond acceptors (Lipinski definition) is 6. The van der Waals surface area contributed by atoms with Gasteiger partial charge in [0, 0.05) is 18.1 Å². The van der Waals surface area contributed by atoms with Gasteiger partial charge in [-0.3, -0.25) is 0 Å². The average molecular weight is 400 g/mol. The Morgan fingerprint density at radius 2 is 1.89 bits per heavy atom. The lowest BCUT2D eigenvalue weighted by molar-refractivity contribution is -0.160. The Balaban J connectivity index is 1.84. The molecule has 0 bridgehead atoms. The summed E-state index contributed by atoms with van der Waals surface area (Å²) in [7, 11) is 1.41. The topological polar surface area (TPSA) is 62.1 Å². The fraction of sp³-hybridized carbons (Fsp3) is 0.105. The first-order valence-corrected chi connectivity index (χ1v) is 8.97. The lowest BCUT2D eigenvalue weighted by Gasteiger charge is -2.10. The molecule has 0 N–H and O–H groups in total. The maximum atomic E-state index is 14.4. The van der Waals surface area contributed by atoms with E-state index in [9.17, 15) is 8.78 Å². The van der Waals surface area contributed by atoms with E-state index in [1.807, 2.05) is 10.6 Å². The zero-order chi connectivity index (χ0) is 19.5. The van der Waals surface area contributed by atoms with Crippen molar-refractivity contribution in [3.63, 3.8) is 0 Å². The van der Waals surface area contributed by atoms with Crippen molar-refractivity contribution < 1.29 is 18.0 Å². The van der Waals surface area contributed by atoms with E-state index < -0.39 is 5.82 Å². The molecule has 0 aliphatic carbocycles. The molecule has 142 valence electrons. The van der Waals surface area contributed by atoms with Crippen LogP contribution in [0.4, 0.5) is 8.78 Å². The second-order valence-electron chi connectivity index (χ2n) is 5.86. The Bertz CT molecular complexity index is 1120. The van der Waals surface area contributed by atoms with Gasteiger partial charge >= 0.3 is 0 Å². The van der Waals surface area contributed by atoms with Gasteiger partial charge in [0.2, 0.25) is 0 Å². The van der Waals surface area contributed by atoms with E-state index in [1.165, 1.54) is 25.6 Å². The summed E-state index contributed by atoms with van der Waals surface area (Å²) in [5, 5.41) is 0.778. The van der Waals surface area contributed by atoms with Gasteiger partial charge in [0.15, 0.2) is 5.82 Å². The highest BCUT2D eigenvalue weighted by Gasteiger charge is 2.17. The SMILES string of the molecule is COOSc1cnc2c(c1)cc(-c1ncncc1F)n2Cc1ccc(F)cc1. The number of benzene rings is 1. The highest BCUT2D eigenvalue weighted by atomic mass is 32.2. The smallest absolute Gasteiger partial charge is 0.169 e. The van der Waals surface area contributed by atoms with Gasteiger partial charge < -0.3 is 4.57 Å². The van der Waals surface area contributed by atoms with E-state index in [0.29, 0.717) is 17.9 Å². The number of hydrogen-bond donors (Lipinski definition) is 0. The van der Waals surface area contributed by atoms with Crippen molar-refractivity contribution in [1.82, 2.24) is 19.5 Å². The Kier molecular flexibility index (Phi) is 5.29. The molecule has 9 heteroatoms. The van der Waals surface area contributed by atoms with E-state index in [4.69, 9.17) is 4.33 Å². The first-order chi connectivity index (χ1) is 13.7. The third-order valence-electron chi connectivity index (χ3n) is 4.07. The van der Waals surface area contributed by atoms with Crippen LogP contribution in [0.5, 0.6) is 0 Å². The molecule has 0 saturated carbocycles. The van der Waals surface area contributed by atoms with E-state index in [1.54, 1.807) is 24.4 Å². The molecule has 0 radical (unpaired) electrons. The minimum absolute atomic E-state index is 0.164. The van der Waals surface area contributed by atoms with Gasteiger partial charge in [-0.2, -0.15) is 4.33 Å². The highest BCUT2D eigenvalue weighted by molar-refractivity contribution is 7.94. The minimum Gasteiger partial charge on any atom is -0.319 e. The van der Waals surface area contributed by atoms with Crippen LogP contribution in [-0.2, 0) is 15.8 Å². The second-order valence-corrected chi connectivity index (χ2v) is 6.64. The molecule has 0 saturated heterocycles. The Hall–Kier alpha value is -2.88. The zero-order valence-electron chi connectivity index (χ0n) is 14.7. The van der Waals surface area contributed by atoms with Crippen LogP contribution in [0.25, 0.3) is 22.4 Å². The lowest BCUT2D eigenvalue weighted by atomic mass is 10.2. The molecule has 6 nitrogen and oxygen atoms in total. The number of rotatable bonds is 6. The molecule has 0 fully saturated rings. The van der Waals surface area contributed by atoms with Gasteiger partial charge in [0.1, 0.15) is 23.5 Å². The van der Waals surface area contributed by atoms with Gasteiger partial charge in [0.05, 0.1) is 35.9 Å². The van der Waals surface area contributed by atoms with Crippen molar-refractivity contribution in [1.29, 1.82) is 0 Å². The van der Waals surface area contributed by atoms with Crippen LogP contribution in [-0.4, -0.2) is 26.6 Å². The van der Waals surface area contributed by atoms with E-state index in [0.717, 1.165) is 34.1 Å². The molecule has 0 aliphatic rings. The van der Waals surface area contributed by atoms with Crippen LogP contribution in [0.2, 0.25) is 0 Å². The summed E-state index contributed by atoms with van der Waals surface area (Å²) in [6, 6.07) is 9.78. The maximum Gasteiger partial charge on any atom is 0.169 e. The van der Waals surface area contributed by atoms with Crippen LogP contribution in [0.15, 0.2) is 60.0 Å². The second kappa shape index (κ2) is 8.01. The van der Waals surface area contributed by atoms with Crippen molar-refractivity contribution >= 4 is 23.1 Å². The molecule has 0 atom stereocenters. The lowest BCUT2D eigenvalue weighted by Crippen LogP contribution is -2.05. The fourth-order valence-electron chi connectivity index (χ4n) is 2.87. The summed E-state index contributed by atoms with van der Waals surface area (Å²) < 4.78 is 34.3. The fourth-order valence-corrected chi connectivity index (χ4v) is 3.29. The Labute approximate surface area is 163 Å². The monoisotopic (exact) mass is 400 g/mol. The molecule has 0 aliphatic heterocycles. The van der Waals surface area contributed by atoms with Crippen LogP contribution < -0.4 is 0 Å². The highest BCUT2D eigenvalue weighted by Crippen LogP contribution is 2.31. The average Bonchev–Trinajstić information content (AvgIpc) is 3.06. The largest absolute Gasteiger partial charge is 0.319 e. The number of aromatic nitrogens is 4. The van der Waals surface area contributed by atoms with Crippen molar-refractivity contribution in [2.75, 3.05) is 7.11 Å². The number of halogens is 2. The van der Waals surface area contributed by atoms with Crippen molar-refractivity contribution in [3.05, 3.63) is 72.3 Å². The molecule has 0 amide bonds. The van der Waals surface area contributed by atoms with Crippen molar-refractivity contribution in [2.45, 2.75) is 11.4 Å². The molecule has 28 heavy (non-hydrogen) atoms. The van der Waals surface area contributed by atoms with Crippen molar-refractivity contribution in [3.8, 4) is 11.4 Å². The molecular weight excluding hydrogens is 386 g/mol. The van der Waals surface area contributed by atoms with Crippen LogP contribution in [0.1, 0.15) is 5.56 Å². The number of pyridine rings is 1. The molecule has 0 unspecified atom stereocenters. The molecule has 4 rings (SSSR count). The summed E-state index contributed by atoms with van der Waals surface area (Å²) in [5.41, 5.74) is 2.19. The minimum atomic E-state index is -0.539. The van der Waals surface area contributed by atoms with Gasteiger partial charge in [-0.25, -0.2) is 28.6 Å². The predicted molar refractivity (Wildman–Crippen MR) is 100 cm³/mol. The van der Waals surface area contributed by atoms with Gasteiger partial charge in [-0.05, 0) is 29.8 Å². The zero-order valence-corrected chi connectivity index (χ0v) is 15.5. The number of nitrogens with zero attached hydrogens (tertiary/aromatic N) is 4. The third-order valence-corrected chi connectivity index (χ3v) is 4.69. The predicted octanol–water partition coefficient (Wildman–Crippen LogP) is 4.40. The van der Waals surface area contributed by atoms with E-state index in [2.05, 4.69) is 19.8 Å². The summed E-state index contributed by atoms with van der Waals surface area (Å²) in [4.78, 5) is 17.6. The van der Waals surface area contributed by atoms with Gasteiger partial charge in [0.25, 0.3) is 0 Å². The van der Waals surface area contributed by atoms with E-state index in [-0.39, 0.29) is 11.5 Å². The summed E-state index contributed by atoms with van der Waals surface area (Å²) in [5.74, 6) is -0.857. The third kappa shape index (κ3) is 3.72. The van der Waals surface area contributed by atoms with Crippen LogP contribution in [0, 0.1) is 11.6 Å². The van der Waals surface area contributed by atoms with Crippen LogP contribution >= 0.6 is 12.0 Å². The standard InChI is InChI=1S/C19H14F2N4O2S/c1-26-27-28-15-6-13-7-17(18-16(21)9-22-11-24-18)25(19(13)23-8-15)10-12-2-4-14(20)5-3-12/h2-9,11H,10H2,1H3. The van der Waals surface area contributed by atoms with Crippen molar-refractivity contribution in [2.24, 2.45) is 0 Å². The van der Waals surface area contributed by atoms with Gasteiger partial charge in [-0.15, -0.1) is 0 Å². The first kappa shape index (κ1) is 18.5. The summed E-state index contributed by atoms with van der Waals surface area (Å²) in [6.45, 7) is 0.372. The molecule has 0 spiro atoms. The number of fused-ring (bicyclic) bond motifs is 1.